The summed E-state index contributed by atoms with van der Waals surface area (Å²) >= 11 is 13.1. The predicted molar refractivity (Wildman–Crippen MR) is 105 cm³/mol. The van der Waals surface area contributed by atoms with Crippen LogP contribution in [0.2, 0.25) is 10.0 Å². The van der Waals surface area contributed by atoms with Crippen LogP contribution in [0.25, 0.3) is 0 Å². The molecule has 0 unspecified atom stereocenters. The Kier molecular flexibility index (Phi) is 6.08. The minimum Gasteiger partial charge on any atom is -0.493 e. The summed E-state index contributed by atoms with van der Waals surface area (Å²) in [6, 6.07) is 12.5. The van der Waals surface area contributed by atoms with Crippen LogP contribution in [0.3, 0.4) is 0 Å². The van der Waals surface area contributed by atoms with E-state index in [9.17, 15) is 4.79 Å². The van der Waals surface area contributed by atoms with Crippen molar-refractivity contribution in [3.8, 4) is 5.75 Å². The molecule has 0 fully saturated rings. The third kappa shape index (κ3) is 5.17. The number of benzene rings is 2. The maximum atomic E-state index is 12.2. The highest BCUT2D eigenvalue weighted by atomic mass is 35.5. The lowest BCUT2D eigenvalue weighted by atomic mass is 10.2. The molecule has 8 heteroatoms. The van der Waals surface area contributed by atoms with Gasteiger partial charge in [0.1, 0.15) is 10.8 Å². The lowest BCUT2D eigenvalue weighted by Gasteiger charge is -2.05. The maximum Gasteiger partial charge on any atom is 0.257 e. The van der Waals surface area contributed by atoms with Gasteiger partial charge in [0.2, 0.25) is 5.13 Å². The van der Waals surface area contributed by atoms with E-state index in [1.807, 2.05) is 31.2 Å². The molecule has 0 radical (unpaired) electrons. The van der Waals surface area contributed by atoms with Crippen LogP contribution >= 0.6 is 34.5 Å². The van der Waals surface area contributed by atoms with E-state index in [1.54, 1.807) is 18.2 Å². The summed E-state index contributed by atoms with van der Waals surface area (Å²) in [5, 5.41) is 12.7. The van der Waals surface area contributed by atoms with Gasteiger partial charge in [-0.2, -0.15) is 0 Å². The van der Waals surface area contributed by atoms with Crippen molar-refractivity contribution in [1.29, 1.82) is 0 Å². The summed E-state index contributed by atoms with van der Waals surface area (Å²) < 4.78 is 5.70. The Morgan fingerprint density at radius 3 is 2.65 bits per heavy atom. The first kappa shape index (κ1) is 18.6. The van der Waals surface area contributed by atoms with Crippen molar-refractivity contribution in [3.05, 3.63) is 68.6 Å². The second-order valence-electron chi connectivity index (χ2n) is 5.53. The number of amides is 1. The van der Waals surface area contributed by atoms with Crippen molar-refractivity contribution in [2.45, 2.75) is 13.3 Å². The number of nitrogens with zero attached hydrogens (tertiary/aromatic N) is 2. The fourth-order valence-electron chi connectivity index (χ4n) is 2.22. The van der Waals surface area contributed by atoms with Gasteiger partial charge in [0, 0.05) is 22.0 Å². The molecule has 0 atom stereocenters. The molecule has 1 N–H and O–H groups in total. The van der Waals surface area contributed by atoms with E-state index in [0.29, 0.717) is 33.8 Å². The highest BCUT2D eigenvalue weighted by molar-refractivity contribution is 7.15. The van der Waals surface area contributed by atoms with E-state index >= 15 is 0 Å². The first-order valence-corrected chi connectivity index (χ1v) is 9.36. The van der Waals surface area contributed by atoms with Crippen LogP contribution in [0.1, 0.15) is 20.9 Å². The Hall–Kier alpha value is -2.15. The molecule has 5 nitrogen and oxygen atoms in total. The number of rotatable bonds is 6. The number of aromatic nitrogens is 2. The Balaban J connectivity index is 1.55. The minimum atomic E-state index is -0.340. The van der Waals surface area contributed by atoms with Gasteiger partial charge >= 0.3 is 0 Å². The quantitative estimate of drug-likeness (QED) is 0.622. The molecule has 2 aromatic carbocycles. The molecule has 3 rings (SSSR count). The number of carbonyl (C=O) groups is 1. The minimum absolute atomic E-state index is 0.340. The molecule has 0 bridgehead atoms. The summed E-state index contributed by atoms with van der Waals surface area (Å²) in [6.07, 6.45) is 0.602. The van der Waals surface area contributed by atoms with Crippen LogP contribution in [0, 0.1) is 6.92 Å². The van der Waals surface area contributed by atoms with Crippen LogP contribution in [0.4, 0.5) is 5.13 Å². The Labute approximate surface area is 164 Å². The van der Waals surface area contributed by atoms with E-state index in [0.717, 1.165) is 16.3 Å². The van der Waals surface area contributed by atoms with E-state index in [2.05, 4.69) is 15.5 Å². The first-order chi connectivity index (χ1) is 12.5. The molecule has 0 spiro atoms. The van der Waals surface area contributed by atoms with Gasteiger partial charge < -0.3 is 4.74 Å². The zero-order chi connectivity index (χ0) is 18.5. The van der Waals surface area contributed by atoms with Crippen molar-refractivity contribution in [1.82, 2.24) is 10.2 Å². The fraction of sp³-hybridized carbons (Fsp3) is 0.167. The maximum absolute atomic E-state index is 12.2. The molecule has 0 aliphatic heterocycles. The summed E-state index contributed by atoms with van der Waals surface area (Å²) in [7, 11) is 0. The average Bonchev–Trinajstić information content (AvgIpc) is 3.01. The lowest BCUT2D eigenvalue weighted by Crippen LogP contribution is -2.11. The number of aryl methyl sites for hydroxylation is 1. The number of halogens is 2. The molecule has 134 valence electrons. The number of ether oxygens (including phenoxy) is 1. The zero-order valence-corrected chi connectivity index (χ0v) is 16.2. The molecule has 3 aromatic rings. The molecule has 0 saturated carbocycles. The molecule has 1 aromatic heterocycles. The summed E-state index contributed by atoms with van der Waals surface area (Å²) in [5.74, 6) is 0.481. The molecule has 1 heterocycles. The van der Waals surface area contributed by atoms with Gasteiger partial charge in [-0.1, -0.05) is 46.7 Å². The molecular formula is C18H15Cl2N3O2S. The highest BCUT2D eigenvalue weighted by Gasteiger charge is 2.12. The SMILES string of the molecule is Cc1cccc(OCCc2nnc(NC(=O)c3cc(Cl)cc(Cl)c3)s2)c1. The molecular weight excluding hydrogens is 393 g/mol. The Morgan fingerprint density at radius 2 is 1.92 bits per heavy atom. The Bertz CT molecular complexity index is 910. The van der Waals surface area contributed by atoms with E-state index in [-0.39, 0.29) is 5.91 Å². The first-order valence-electron chi connectivity index (χ1n) is 7.79. The smallest absolute Gasteiger partial charge is 0.257 e. The molecule has 0 aliphatic carbocycles. The summed E-state index contributed by atoms with van der Waals surface area (Å²) in [4.78, 5) is 12.2. The normalized spacial score (nSPS) is 10.6. The number of nitrogens with one attached hydrogen (secondary N) is 1. The predicted octanol–water partition coefficient (Wildman–Crippen LogP) is 5.03. The van der Waals surface area contributed by atoms with Crippen molar-refractivity contribution in [2.75, 3.05) is 11.9 Å². The summed E-state index contributed by atoms with van der Waals surface area (Å²) in [5.41, 5.74) is 1.51. The highest BCUT2D eigenvalue weighted by Crippen LogP contribution is 2.21. The van der Waals surface area contributed by atoms with Gasteiger partial charge in [-0.05, 0) is 42.8 Å². The number of hydrogen-bond donors (Lipinski definition) is 1. The number of carbonyl (C=O) groups excluding carboxylic acids is 1. The number of anilines is 1. The third-order valence-corrected chi connectivity index (χ3v) is 4.72. The fourth-order valence-corrected chi connectivity index (χ4v) is 3.46. The topological polar surface area (TPSA) is 64.1 Å². The van der Waals surface area contributed by atoms with Crippen LogP contribution in [-0.4, -0.2) is 22.7 Å². The molecule has 26 heavy (non-hydrogen) atoms. The van der Waals surface area contributed by atoms with Gasteiger partial charge in [-0.3, -0.25) is 10.1 Å². The van der Waals surface area contributed by atoms with Crippen LogP contribution < -0.4 is 10.1 Å². The lowest BCUT2D eigenvalue weighted by molar-refractivity contribution is 0.102. The van der Waals surface area contributed by atoms with Crippen molar-refractivity contribution in [2.24, 2.45) is 0 Å². The van der Waals surface area contributed by atoms with E-state index in [4.69, 9.17) is 27.9 Å². The summed E-state index contributed by atoms with van der Waals surface area (Å²) in [6.45, 7) is 2.50. The van der Waals surface area contributed by atoms with Crippen LogP contribution in [-0.2, 0) is 6.42 Å². The van der Waals surface area contributed by atoms with Crippen molar-refractivity contribution in [3.63, 3.8) is 0 Å². The molecule has 0 saturated heterocycles. The second-order valence-corrected chi connectivity index (χ2v) is 7.46. The van der Waals surface area contributed by atoms with Gasteiger partial charge in [0.05, 0.1) is 6.61 Å². The standard InChI is InChI=1S/C18H15Cl2N3O2S/c1-11-3-2-4-15(7-11)25-6-5-16-22-23-18(26-16)21-17(24)12-8-13(19)10-14(20)9-12/h2-4,7-10H,5-6H2,1H3,(H,21,23,24). The van der Waals surface area contributed by atoms with Crippen molar-refractivity contribution >= 4 is 45.6 Å². The van der Waals surface area contributed by atoms with Gasteiger partial charge in [0.25, 0.3) is 5.91 Å². The van der Waals surface area contributed by atoms with Crippen LogP contribution in [0.15, 0.2) is 42.5 Å². The average molecular weight is 408 g/mol. The Morgan fingerprint density at radius 1 is 1.15 bits per heavy atom. The third-order valence-electron chi connectivity index (χ3n) is 3.39. The van der Waals surface area contributed by atoms with Crippen molar-refractivity contribution < 1.29 is 9.53 Å². The zero-order valence-electron chi connectivity index (χ0n) is 13.8. The van der Waals surface area contributed by atoms with E-state index < -0.39 is 0 Å². The molecule has 0 aliphatic rings. The number of hydrogen-bond acceptors (Lipinski definition) is 5. The molecule has 1 amide bonds. The van der Waals surface area contributed by atoms with Gasteiger partial charge in [-0.15, -0.1) is 10.2 Å². The van der Waals surface area contributed by atoms with Gasteiger partial charge in [-0.25, -0.2) is 0 Å². The van der Waals surface area contributed by atoms with Crippen LogP contribution in [0.5, 0.6) is 5.75 Å². The second kappa shape index (κ2) is 8.49. The largest absolute Gasteiger partial charge is 0.493 e. The van der Waals surface area contributed by atoms with E-state index in [1.165, 1.54) is 11.3 Å². The van der Waals surface area contributed by atoms with Gasteiger partial charge in [0.15, 0.2) is 0 Å². The monoisotopic (exact) mass is 407 g/mol.